The van der Waals surface area contributed by atoms with Crippen LogP contribution in [0.1, 0.15) is 25.5 Å². The maximum absolute atomic E-state index is 5.42. The molecule has 1 aromatic carbocycles. The third-order valence-electron chi connectivity index (χ3n) is 5.11. The van der Waals surface area contributed by atoms with E-state index in [0.29, 0.717) is 6.54 Å². The molecule has 3 aromatic rings. The van der Waals surface area contributed by atoms with Gasteiger partial charge in [0.05, 0.1) is 13.2 Å². The highest BCUT2D eigenvalue weighted by molar-refractivity contribution is 5.85. The largest absolute Gasteiger partial charge is 0.379 e. The number of hydrogen-bond acceptors (Lipinski definition) is 7. The summed E-state index contributed by atoms with van der Waals surface area (Å²) in [5.41, 5.74) is 2.84. The van der Waals surface area contributed by atoms with E-state index in [1.54, 1.807) is 6.33 Å². The molecule has 0 spiro atoms. The first-order chi connectivity index (χ1) is 14.2. The molecule has 3 heterocycles. The molecule has 1 aliphatic rings. The number of benzene rings is 1. The maximum Gasteiger partial charge on any atom is 0.205 e. The molecule has 8 nitrogen and oxygen atoms in total. The molecule has 0 aliphatic carbocycles. The molecule has 0 saturated carbocycles. The monoisotopic (exact) mass is 395 g/mol. The van der Waals surface area contributed by atoms with Crippen LogP contribution in [0.25, 0.3) is 11.2 Å². The Morgan fingerprint density at radius 2 is 1.86 bits per heavy atom. The molecule has 8 heteroatoms. The second-order valence-electron chi connectivity index (χ2n) is 7.51. The van der Waals surface area contributed by atoms with Crippen molar-refractivity contribution in [3.05, 3.63) is 42.2 Å². The zero-order chi connectivity index (χ0) is 20.1. The SMILES string of the molecule is CC(C)n1c(NCCN2CCOCC2)nc2c(NCc3ccccc3)ncnc21. The van der Waals surface area contributed by atoms with Gasteiger partial charge in [0.25, 0.3) is 0 Å². The average molecular weight is 396 g/mol. The van der Waals surface area contributed by atoms with Gasteiger partial charge < -0.3 is 15.4 Å². The molecule has 1 saturated heterocycles. The van der Waals surface area contributed by atoms with E-state index in [0.717, 1.165) is 62.3 Å². The van der Waals surface area contributed by atoms with Gasteiger partial charge >= 0.3 is 0 Å². The predicted octanol–water partition coefficient (Wildman–Crippen LogP) is 2.76. The lowest BCUT2D eigenvalue weighted by Crippen LogP contribution is -2.39. The van der Waals surface area contributed by atoms with Gasteiger partial charge in [-0.1, -0.05) is 30.3 Å². The van der Waals surface area contributed by atoms with Crippen molar-refractivity contribution in [2.45, 2.75) is 26.4 Å². The van der Waals surface area contributed by atoms with E-state index in [1.807, 2.05) is 18.2 Å². The summed E-state index contributed by atoms with van der Waals surface area (Å²) in [4.78, 5) is 16.2. The molecule has 2 aromatic heterocycles. The number of fused-ring (bicyclic) bond motifs is 1. The molecule has 0 atom stereocenters. The Balaban J connectivity index is 1.51. The van der Waals surface area contributed by atoms with Crippen LogP contribution in [-0.2, 0) is 11.3 Å². The third kappa shape index (κ3) is 4.65. The molecule has 4 rings (SSSR count). The molecule has 0 bridgehead atoms. The minimum atomic E-state index is 0.239. The van der Waals surface area contributed by atoms with Gasteiger partial charge in [-0.2, -0.15) is 0 Å². The van der Waals surface area contributed by atoms with Gasteiger partial charge in [0, 0.05) is 38.8 Å². The molecule has 0 amide bonds. The van der Waals surface area contributed by atoms with Crippen molar-refractivity contribution in [2.75, 3.05) is 50.0 Å². The maximum atomic E-state index is 5.42. The number of morpholine rings is 1. The molecule has 2 N–H and O–H groups in total. The van der Waals surface area contributed by atoms with Crippen LogP contribution in [0.3, 0.4) is 0 Å². The first-order valence-electron chi connectivity index (χ1n) is 10.3. The van der Waals surface area contributed by atoms with E-state index in [4.69, 9.17) is 9.72 Å². The fourth-order valence-corrected chi connectivity index (χ4v) is 3.58. The minimum Gasteiger partial charge on any atom is -0.379 e. The smallest absolute Gasteiger partial charge is 0.205 e. The van der Waals surface area contributed by atoms with Crippen LogP contribution < -0.4 is 10.6 Å². The second kappa shape index (κ2) is 9.19. The number of nitrogens with one attached hydrogen (secondary N) is 2. The number of aromatic nitrogens is 4. The Bertz CT molecular complexity index is 919. The molecule has 0 unspecified atom stereocenters. The van der Waals surface area contributed by atoms with E-state index < -0.39 is 0 Å². The molecule has 154 valence electrons. The van der Waals surface area contributed by atoms with Gasteiger partial charge in [0.15, 0.2) is 17.0 Å². The Labute approximate surface area is 171 Å². The van der Waals surface area contributed by atoms with Crippen LogP contribution >= 0.6 is 0 Å². The highest BCUT2D eigenvalue weighted by Gasteiger charge is 2.18. The van der Waals surface area contributed by atoms with Gasteiger partial charge in [-0.15, -0.1) is 0 Å². The summed E-state index contributed by atoms with van der Waals surface area (Å²) in [5, 5.41) is 6.92. The first kappa shape index (κ1) is 19.6. The fraction of sp³-hybridized carbons (Fsp3) is 0.476. The van der Waals surface area contributed by atoms with Gasteiger partial charge in [-0.05, 0) is 19.4 Å². The lowest BCUT2D eigenvalue weighted by atomic mass is 10.2. The quantitative estimate of drug-likeness (QED) is 0.607. The van der Waals surface area contributed by atoms with Crippen LogP contribution in [0.15, 0.2) is 36.7 Å². The van der Waals surface area contributed by atoms with Crippen molar-refractivity contribution in [1.82, 2.24) is 24.4 Å². The number of hydrogen-bond donors (Lipinski definition) is 2. The Hall–Kier alpha value is -2.71. The summed E-state index contributed by atoms with van der Waals surface area (Å²) in [5.74, 6) is 1.60. The van der Waals surface area contributed by atoms with Crippen molar-refractivity contribution in [3.8, 4) is 0 Å². The topological polar surface area (TPSA) is 80.1 Å². The molecule has 0 radical (unpaired) electrons. The third-order valence-corrected chi connectivity index (χ3v) is 5.11. The number of imidazole rings is 1. The molecule has 1 fully saturated rings. The number of rotatable bonds is 8. The van der Waals surface area contributed by atoms with Crippen LogP contribution in [0.2, 0.25) is 0 Å². The summed E-state index contributed by atoms with van der Waals surface area (Å²) < 4.78 is 7.57. The van der Waals surface area contributed by atoms with E-state index in [2.05, 4.69) is 56.0 Å². The highest BCUT2D eigenvalue weighted by atomic mass is 16.5. The number of ether oxygens (including phenoxy) is 1. The van der Waals surface area contributed by atoms with Crippen molar-refractivity contribution in [3.63, 3.8) is 0 Å². The van der Waals surface area contributed by atoms with Gasteiger partial charge in [-0.3, -0.25) is 9.47 Å². The number of anilines is 2. The van der Waals surface area contributed by atoms with E-state index in [9.17, 15) is 0 Å². The Kier molecular flexibility index (Phi) is 6.21. The Morgan fingerprint density at radius 1 is 1.07 bits per heavy atom. The van der Waals surface area contributed by atoms with Crippen molar-refractivity contribution in [2.24, 2.45) is 0 Å². The van der Waals surface area contributed by atoms with Crippen LogP contribution in [-0.4, -0.2) is 63.8 Å². The minimum absolute atomic E-state index is 0.239. The number of nitrogens with zero attached hydrogens (tertiary/aromatic N) is 5. The lowest BCUT2D eigenvalue weighted by Gasteiger charge is -2.26. The summed E-state index contributed by atoms with van der Waals surface area (Å²) in [6, 6.07) is 10.5. The Morgan fingerprint density at radius 3 is 2.62 bits per heavy atom. The zero-order valence-corrected chi connectivity index (χ0v) is 17.1. The van der Waals surface area contributed by atoms with Crippen LogP contribution in [0, 0.1) is 0 Å². The predicted molar refractivity (Wildman–Crippen MR) is 115 cm³/mol. The van der Waals surface area contributed by atoms with Crippen molar-refractivity contribution in [1.29, 1.82) is 0 Å². The van der Waals surface area contributed by atoms with Gasteiger partial charge in [0.2, 0.25) is 5.95 Å². The zero-order valence-electron chi connectivity index (χ0n) is 17.1. The van der Waals surface area contributed by atoms with Gasteiger partial charge in [-0.25, -0.2) is 15.0 Å². The summed E-state index contributed by atoms with van der Waals surface area (Å²) in [7, 11) is 0. The van der Waals surface area contributed by atoms with E-state index in [-0.39, 0.29) is 6.04 Å². The summed E-state index contributed by atoms with van der Waals surface area (Å²) >= 11 is 0. The normalized spacial score (nSPS) is 15.1. The van der Waals surface area contributed by atoms with Crippen LogP contribution in [0.5, 0.6) is 0 Å². The summed E-state index contributed by atoms with van der Waals surface area (Å²) in [6.07, 6.45) is 1.60. The van der Waals surface area contributed by atoms with Crippen molar-refractivity contribution < 1.29 is 4.74 Å². The highest BCUT2D eigenvalue weighted by Crippen LogP contribution is 2.26. The fourth-order valence-electron chi connectivity index (χ4n) is 3.58. The molecular weight excluding hydrogens is 366 g/mol. The van der Waals surface area contributed by atoms with Gasteiger partial charge in [0.1, 0.15) is 6.33 Å². The van der Waals surface area contributed by atoms with E-state index >= 15 is 0 Å². The van der Waals surface area contributed by atoms with E-state index in [1.165, 1.54) is 5.56 Å². The summed E-state index contributed by atoms with van der Waals surface area (Å²) in [6.45, 7) is 10.4. The molecule has 29 heavy (non-hydrogen) atoms. The average Bonchev–Trinajstić information content (AvgIpc) is 3.13. The standard InChI is InChI=1S/C21H29N7O/c1-16(2)28-20-18(26-21(28)22-8-9-27-10-12-29-13-11-27)19(24-15-25-20)23-14-17-6-4-3-5-7-17/h3-7,15-16H,8-14H2,1-2H3,(H,22,26)(H,23,24,25). The van der Waals surface area contributed by atoms with Crippen molar-refractivity contribution >= 4 is 22.9 Å². The lowest BCUT2D eigenvalue weighted by molar-refractivity contribution is 0.0398. The second-order valence-corrected chi connectivity index (χ2v) is 7.51. The van der Waals surface area contributed by atoms with Crippen LogP contribution in [0.4, 0.5) is 11.8 Å². The first-order valence-corrected chi connectivity index (χ1v) is 10.3. The molecular formula is C21H29N7O. The molecule has 1 aliphatic heterocycles.